The van der Waals surface area contributed by atoms with Gasteiger partial charge in [-0.1, -0.05) is 121 Å². The lowest BCUT2D eigenvalue weighted by Gasteiger charge is -2.38. The van der Waals surface area contributed by atoms with Crippen LogP contribution in [0.5, 0.6) is 0 Å². The summed E-state index contributed by atoms with van der Waals surface area (Å²) in [6.45, 7) is 19.1. The van der Waals surface area contributed by atoms with E-state index in [1.54, 1.807) is 12.1 Å². The number of nitrogens with zero attached hydrogens (tertiary/aromatic N) is 16. The Labute approximate surface area is 738 Å². The number of nitrogens with one attached hydrogen (secondary N) is 5. The zero-order chi connectivity index (χ0) is 86.9. The standard InChI is InChI=1S/C26H35BrN6O2S.C20H31BrN6O2S.C20H30ClN7O.C16H23ClN6.CO2/c1-20-4-10-24(11-5-20)36(34,35)19-3-2-15-32(16-12-21-6-8-22(27)9-7-21)23-13-17-33(18-14-23)26-29-25(28)30-31-26;1-30(28,29)15-3-2-11-26(12-8-16-4-6-17(21)7-5-16)18-9-13-27(14-10-18)20-23-19(22)24-25-20;1-14(2)23-18(29)13-28(10-7-15-3-5-16(21)6-4-15)17-8-11-27(12-9-17)20-24-19(22)25-26-20;1-22(9-6-12-2-4-13(17)5-3-12)14-7-10-23(11-8-14)16-19-15(18)20-21-16;2-1-3/h4-11,23H,2-3,12-19H2,1H3,(H3,28,29,30,31);4-7,18H,2-3,8-15H2,1H3,(H3,22,23,24,25);3-6,14,17H,7-13H2,1-2H3,(H,23,29)(H3,22,24,25,26);2-5,14H,6-11H2,1H3,(H3,18,19,20,21);. The summed E-state index contributed by atoms with van der Waals surface area (Å²) in [5, 5.41) is 32.0. The Morgan fingerprint density at radius 3 is 1.10 bits per heavy atom. The van der Waals surface area contributed by atoms with Crippen molar-refractivity contribution >= 4 is 134 Å². The van der Waals surface area contributed by atoms with Crippen molar-refractivity contribution in [2.24, 2.45) is 0 Å². The van der Waals surface area contributed by atoms with E-state index in [1.165, 1.54) is 28.5 Å². The molecule has 0 aliphatic carbocycles. The molecule has 1 amide bonds. The van der Waals surface area contributed by atoms with Crippen LogP contribution >= 0.6 is 55.1 Å². The van der Waals surface area contributed by atoms with Crippen LogP contribution in [0.2, 0.25) is 10.0 Å². The van der Waals surface area contributed by atoms with E-state index in [4.69, 9.17) is 55.7 Å². The number of piperidine rings is 4. The molecule has 0 unspecified atom stereocenters. The maximum atomic E-state index is 12.8. The number of sulfone groups is 2. The lowest BCUT2D eigenvalue weighted by molar-refractivity contribution is -0.191. The van der Waals surface area contributed by atoms with E-state index < -0.39 is 19.7 Å². The molecule has 9 aromatic rings. The van der Waals surface area contributed by atoms with Crippen LogP contribution in [0.4, 0.5) is 47.6 Å². The van der Waals surface area contributed by atoms with E-state index in [2.05, 4.69) is 205 Å². The van der Waals surface area contributed by atoms with Crippen LogP contribution in [-0.2, 0) is 59.7 Å². The quantitative estimate of drug-likeness (QED) is 0.0169. The number of nitrogen functional groups attached to an aromatic ring is 4. The molecule has 4 fully saturated rings. The van der Waals surface area contributed by atoms with Gasteiger partial charge in [0.05, 0.1) is 17.2 Å². The molecule has 13 N–H and O–H groups in total. The Morgan fingerprint density at radius 2 is 0.777 bits per heavy atom. The molecule has 5 aromatic carbocycles. The van der Waals surface area contributed by atoms with Crippen molar-refractivity contribution in [1.82, 2.24) is 85.6 Å². The van der Waals surface area contributed by atoms with Crippen molar-refractivity contribution in [1.29, 1.82) is 0 Å². The molecular weight excluding hydrogens is 1750 g/mol. The van der Waals surface area contributed by atoms with Gasteiger partial charge in [0, 0.05) is 140 Å². The minimum absolute atomic E-state index is 0.0697. The highest BCUT2D eigenvalue weighted by Crippen LogP contribution is 2.28. The van der Waals surface area contributed by atoms with Gasteiger partial charge < -0.3 is 52.8 Å². The number of carbonyl (C=O) groups is 1. The highest BCUT2D eigenvalue weighted by molar-refractivity contribution is 9.10. The number of aromatic amines is 4. The maximum absolute atomic E-state index is 12.8. The van der Waals surface area contributed by atoms with E-state index in [0.717, 1.165) is 206 Å². The molecule has 121 heavy (non-hydrogen) atoms. The van der Waals surface area contributed by atoms with Crippen molar-refractivity contribution in [3.05, 3.63) is 168 Å². The normalized spacial score (nSPS) is 15.2. The SMILES string of the molecule is CC(C)NC(=O)CN(CCc1ccc(Cl)cc1)C1CCN(c2n[nH]c(N)n2)CC1.CN(CCc1ccc(Cl)cc1)C1CCN(c2n[nH]c(N)n2)CC1.CS(=O)(=O)CCCCN(CCc1ccc(Br)cc1)C1CCN(c2n[nH]c(N)n2)CC1.Cc1ccc(S(=O)(=O)CCCCN(CCc2ccc(Br)cc2)C2CCN(c3n[nH]c(N)n3)CC2)cc1.O=C=O. The zero-order valence-electron chi connectivity index (χ0n) is 69.9. The van der Waals surface area contributed by atoms with Gasteiger partial charge in [-0.05, 0) is 227 Å². The predicted molar refractivity (Wildman–Crippen MR) is 487 cm³/mol. The summed E-state index contributed by atoms with van der Waals surface area (Å²) in [5.41, 5.74) is 28.8. The fourth-order valence-corrected chi connectivity index (χ4v) is 18.3. The molecule has 32 nitrogen and oxygen atoms in total. The van der Waals surface area contributed by atoms with Crippen molar-refractivity contribution in [2.45, 2.75) is 159 Å². The van der Waals surface area contributed by atoms with Gasteiger partial charge in [0.2, 0.25) is 53.5 Å². The van der Waals surface area contributed by atoms with Gasteiger partial charge >= 0.3 is 6.15 Å². The Hall–Kier alpha value is -8.81. The number of unbranched alkanes of at least 4 members (excludes halogenated alkanes) is 2. The van der Waals surface area contributed by atoms with Gasteiger partial charge in [-0.2, -0.15) is 29.5 Å². The summed E-state index contributed by atoms with van der Waals surface area (Å²) in [5.74, 6) is 4.59. The van der Waals surface area contributed by atoms with E-state index in [-0.39, 0.29) is 29.6 Å². The molecule has 658 valence electrons. The number of anilines is 8. The van der Waals surface area contributed by atoms with Gasteiger partial charge in [-0.3, -0.25) is 19.5 Å². The first-order valence-corrected chi connectivity index (χ1v) is 47.5. The number of aryl methyl sites for hydroxylation is 1. The number of likely N-dealkylation sites (N-methyl/N-ethyl adjacent to an activating group) is 1. The van der Waals surface area contributed by atoms with Crippen LogP contribution in [0.25, 0.3) is 0 Å². The van der Waals surface area contributed by atoms with Crippen molar-refractivity contribution < 1.29 is 31.2 Å². The zero-order valence-corrected chi connectivity index (χ0v) is 76.2. The van der Waals surface area contributed by atoms with Gasteiger partial charge in [-0.15, -0.1) is 20.4 Å². The highest BCUT2D eigenvalue weighted by atomic mass is 79.9. The number of aromatic nitrogens is 12. The first-order valence-electron chi connectivity index (χ1n) is 41.4. The van der Waals surface area contributed by atoms with Crippen LogP contribution in [0.15, 0.2) is 135 Å². The minimum Gasteiger partial charge on any atom is -0.368 e. The Balaban J connectivity index is 0.000000183. The fourth-order valence-electron chi connectivity index (χ4n) is 15.4. The van der Waals surface area contributed by atoms with Gasteiger partial charge in [0.25, 0.3) is 0 Å². The molecule has 13 rings (SSSR count). The monoisotopic (exact) mass is 1870 g/mol. The second kappa shape index (κ2) is 48.9. The summed E-state index contributed by atoms with van der Waals surface area (Å²) in [6, 6.07) is 42.1. The van der Waals surface area contributed by atoms with Crippen LogP contribution in [0.3, 0.4) is 0 Å². The van der Waals surface area contributed by atoms with Crippen LogP contribution < -0.4 is 47.9 Å². The second-order valence-electron chi connectivity index (χ2n) is 31.5. The number of rotatable bonds is 34. The molecular formula is C83H119Br2Cl2N25O7S2. The number of amides is 1. The summed E-state index contributed by atoms with van der Waals surface area (Å²) in [7, 11) is -3.94. The smallest absolute Gasteiger partial charge is 0.368 e. The van der Waals surface area contributed by atoms with Crippen molar-refractivity contribution in [2.75, 3.05) is 166 Å². The number of nitrogens with two attached hydrogens (primary N) is 4. The third kappa shape index (κ3) is 33.4. The molecule has 4 saturated heterocycles. The largest absolute Gasteiger partial charge is 0.373 e. The average Bonchev–Trinajstić information content (AvgIpc) is 1.82. The Morgan fingerprint density at radius 1 is 0.471 bits per heavy atom. The third-order valence-electron chi connectivity index (χ3n) is 22.1. The van der Waals surface area contributed by atoms with E-state index in [1.807, 2.05) is 69.3 Å². The van der Waals surface area contributed by atoms with E-state index in [0.29, 0.717) is 96.0 Å². The fraction of sp³-hybridized carbons (Fsp3) is 0.518. The van der Waals surface area contributed by atoms with E-state index in [9.17, 15) is 21.6 Å². The summed E-state index contributed by atoms with van der Waals surface area (Å²) in [6.07, 6.45) is 16.7. The number of hydrogen-bond acceptors (Lipinski definition) is 27. The number of benzene rings is 5. The lowest BCUT2D eigenvalue weighted by Crippen LogP contribution is -2.49. The van der Waals surface area contributed by atoms with Gasteiger partial charge in [0.1, 0.15) is 9.84 Å². The number of hydrogen-bond donors (Lipinski definition) is 9. The topological polar surface area (TPSA) is 428 Å². The molecule has 4 aromatic heterocycles. The first kappa shape index (κ1) is 96.0. The summed E-state index contributed by atoms with van der Waals surface area (Å²) in [4.78, 5) is 64.5. The van der Waals surface area contributed by atoms with Gasteiger partial charge in [0.15, 0.2) is 9.84 Å². The number of carbonyl (C=O) groups excluding carboxylic acids is 3. The molecule has 0 saturated carbocycles. The van der Waals surface area contributed by atoms with Crippen LogP contribution in [0.1, 0.15) is 119 Å². The Bertz CT molecular complexity index is 4790. The molecule has 38 heteroatoms. The third-order valence-corrected chi connectivity index (χ3v) is 26.5. The summed E-state index contributed by atoms with van der Waals surface area (Å²) < 4.78 is 50.6. The van der Waals surface area contributed by atoms with Crippen molar-refractivity contribution in [3.63, 3.8) is 0 Å². The number of H-pyrrole nitrogens is 4. The maximum Gasteiger partial charge on any atom is 0.373 e. The van der Waals surface area contributed by atoms with E-state index >= 15 is 0 Å². The van der Waals surface area contributed by atoms with Crippen LogP contribution in [-0.4, -0.2) is 262 Å². The lowest BCUT2D eigenvalue weighted by atomic mass is 10.0. The van der Waals surface area contributed by atoms with Crippen LogP contribution in [0, 0.1) is 6.92 Å². The average molecular weight is 1870 g/mol. The number of halogens is 4. The molecule has 0 bridgehead atoms. The second-order valence-corrected chi connectivity index (χ2v) is 38.5. The molecule has 0 spiro atoms. The Kier molecular flexibility index (Phi) is 38.8. The molecule has 4 aliphatic rings. The minimum atomic E-state index is -3.25. The summed E-state index contributed by atoms with van der Waals surface area (Å²) >= 11 is 18.9. The molecule has 4 aliphatic heterocycles. The molecule has 0 radical (unpaired) electrons. The first-order chi connectivity index (χ1) is 58.0. The molecule has 8 heterocycles. The van der Waals surface area contributed by atoms with Gasteiger partial charge in [-0.25, -0.2) is 37.2 Å². The highest BCUT2D eigenvalue weighted by Gasteiger charge is 2.32. The predicted octanol–water partition coefficient (Wildman–Crippen LogP) is 10.4. The molecule has 0 atom stereocenters. The van der Waals surface area contributed by atoms with Crippen molar-refractivity contribution in [3.8, 4) is 0 Å².